The average molecular weight is 573 g/mol. The minimum atomic E-state index is -4.55. The van der Waals surface area contributed by atoms with Crippen molar-refractivity contribution < 1.29 is 31.1 Å². The number of methoxy groups -OCH3 is 1. The first-order valence-electron chi connectivity index (χ1n) is 12.4. The smallest absolute Gasteiger partial charge is 0.435 e. The maximum absolute atomic E-state index is 13.1. The second-order valence-electron chi connectivity index (χ2n) is 9.65. The van der Waals surface area contributed by atoms with Crippen LogP contribution in [0.4, 0.5) is 13.2 Å². The summed E-state index contributed by atoms with van der Waals surface area (Å²) >= 11 is 0. The Morgan fingerprint density at radius 2 is 1.82 bits per heavy atom. The third-order valence-electron chi connectivity index (χ3n) is 6.78. The fraction of sp³-hybridized carbons (Fsp3) is 0.346. The van der Waals surface area contributed by atoms with Crippen LogP contribution in [0.5, 0.6) is 11.8 Å². The minimum absolute atomic E-state index is 0.0384. The maximum Gasteiger partial charge on any atom is 0.435 e. The van der Waals surface area contributed by atoms with E-state index in [9.17, 15) is 21.6 Å². The molecule has 0 unspecified atom stereocenters. The number of hydrogen-bond donors (Lipinski definition) is 0. The van der Waals surface area contributed by atoms with Crippen LogP contribution in [0.2, 0.25) is 0 Å². The van der Waals surface area contributed by atoms with E-state index < -0.39 is 21.7 Å². The molecule has 0 saturated heterocycles. The molecule has 2 aliphatic rings. The van der Waals surface area contributed by atoms with Gasteiger partial charge in [0, 0.05) is 18.0 Å². The molecule has 4 aromatic rings. The summed E-state index contributed by atoms with van der Waals surface area (Å²) in [7, 11) is -2.16. The van der Waals surface area contributed by atoms with Crippen molar-refractivity contribution in [2.45, 2.75) is 49.8 Å². The van der Waals surface area contributed by atoms with E-state index in [-0.39, 0.29) is 41.3 Å². The van der Waals surface area contributed by atoms with Crippen molar-refractivity contribution in [3.63, 3.8) is 0 Å². The van der Waals surface area contributed by atoms with Crippen LogP contribution >= 0.6 is 0 Å². The number of benzene rings is 1. The Labute approximate surface area is 227 Å². The molecule has 1 saturated carbocycles. The number of sulfone groups is 1. The molecule has 4 heterocycles. The molecule has 6 rings (SSSR count). The van der Waals surface area contributed by atoms with Crippen molar-refractivity contribution >= 4 is 9.84 Å². The quantitative estimate of drug-likeness (QED) is 0.320. The van der Waals surface area contributed by atoms with E-state index in [0.717, 1.165) is 24.6 Å². The normalized spacial score (nSPS) is 16.1. The van der Waals surface area contributed by atoms with Crippen LogP contribution in [-0.2, 0) is 29.0 Å². The van der Waals surface area contributed by atoms with E-state index in [1.54, 1.807) is 24.3 Å². The number of nitrogens with zero attached hydrogens (tertiary/aromatic N) is 6. The second kappa shape index (κ2) is 9.54. The lowest BCUT2D eigenvalue weighted by molar-refractivity contribution is -0.141. The van der Waals surface area contributed by atoms with E-state index in [1.807, 2.05) is 0 Å². The number of alkyl halides is 3. The van der Waals surface area contributed by atoms with Gasteiger partial charge in [0.05, 0.1) is 29.9 Å². The number of fused-ring (bicyclic) bond motifs is 1. The first-order chi connectivity index (χ1) is 19.0. The molecule has 0 radical (unpaired) electrons. The molecule has 0 spiro atoms. The van der Waals surface area contributed by atoms with Crippen LogP contribution in [0, 0.1) is 6.92 Å². The fourth-order valence-corrected chi connectivity index (χ4v) is 6.22. The predicted molar refractivity (Wildman–Crippen MR) is 135 cm³/mol. The van der Waals surface area contributed by atoms with E-state index in [1.165, 1.54) is 25.0 Å². The molecular formula is C26H23F3N6O4S. The van der Waals surface area contributed by atoms with Crippen LogP contribution < -0.4 is 9.47 Å². The highest BCUT2D eigenvalue weighted by atomic mass is 32.2. The molecule has 0 bridgehead atoms. The molecule has 40 heavy (non-hydrogen) atoms. The zero-order valence-corrected chi connectivity index (χ0v) is 22.3. The highest BCUT2D eigenvalue weighted by Gasteiger charge is 2.37. The van der Waals surface area contributed by atoms with Gasteiger partial charge in [-0.15, -0.1) is 0 Å². The molecule has 14 heteroatoms. The molecule has 1 aromatic carbocycles. The van der Waals surface area contributed by atoms with E-state index in [0.29, 0.717) is 34.1 Å². The van der Waals surface area contributed by atoms with Crippen molar-refractivity contribution in [3.8, 4) is 28.8 Å². The summed E-state index contributed by atoms with van der Waals surface area (Å²) in [5, 5.41) is 3.66. The van der Waals surface area contributed by atoms with Crippen LogP contribution in [0.3, 0.4) is 0 Å². The third-order valence-corrected chi connectivity index (χ3v) is 8.55. The number of ether oxygens (including phenoxy) is 2. The van der Waals surface area contributed by atoms with Gasteiger partial charge in [0.1, 0.15) is 18.5 Å². The van der Waals surface area contributed by atoms with Crippen molar-refractivity contribution in [3.05, 3.63) is 65.0 Å². The number of rotatable bonds is 7. The molecular weight excluding hydrogens is 549 g/mol. The molecule has 10 nitrogen and oxygen atoms in total. The summed E-state index contributed by atoms with van der Waals surface area (Å²) in [5.41, 5.74) is 2.06. The Balaban J connectivity index is 1.32. The Hall–Kier alpha value is -4.07. The van der Waals surface area contributed by atoms with Crippen molar-refractivity contribution in [2.75, 3.05) is 12.9 Å². The van der Waals surface area contributed by atoms with Gasteiger partial charge >= 0.3 is 6.18 Å². The van der Waals surface area contributed by atoms with Gasteiger partial charge in [-0.1, -0.05) is 12.1 Å². The first kappa shape index (κ1) is 26.2. The summed E-state index contributed by atoms with van der Waals surface area (Å²) in [6.45, 7) is 1.50. The fourth-order valence-electron chi connectivity index (χ4n) is 4.67. The van der Waals surface area contributed by atoms with Gasteiger partial charge in [0.15, 0.2) is 26.3 Å². The monoisotopic (exact) mass is 572 g/mol. The molecule has 0 amide bonds. The number of aromatic nitrogens is 6. The first-order valence-corrected chi connectivity index (χ1v) is 14.1. The minimum Gasteiger partial charge on any atom is -0.480 e. The maximum atomic E-state index is 13.1. The topological polar surface area (TPSA) is 122 Å². The highest BCUT2D eigenvalue weighted by molar-refractivity contribution is 7.91. The molecule has 1 aliphatic carbocycles. The zero-order chi connectivity index (χ0) is 28.2. The second-order valence-corrected chi connectivity index (χ2v) is 11.7. The largest absolute Gasteiger partial charge is 0.480 e. The third kappa shape index (κ3) is 4.76. The van der Waals surface area contributed by atoms with E-state index in [4.69, 9.17) is 9.47 Å². The standard InChI is InChI=1S/C26H23F3N6O4S/c1-14-11-19(26(27,28)29)34-35(14)17-7-3-15(4-8-17)12-39-25-22-18(9-10-40(22,36)37)32-23(33-25)20-21(16-5-6-16)30-13-31-24(20)38-2/h3-4,7-8,11,13,16H,5-6,9-10,12H2,1-2H3. The van der Waals surface area contributed by atoms with Gasteiger partial charge in [-0.05, 0) is 43.5 Å². The van der Waals surface area contributed by atoms with Crippen LogP contribution in [0.15, 0.2) is 41.6 Å². The molecule has 0 atom stereocenters. The van der Waals surface area contributed by atoms with Crippen LogP contribution in [0.1, 0.15) is 47.1 Å². The lowest BCUT2D eigenvalue weighted by atomic mass is 10.1. The highest BCUT2D eigenvalue weighted by Crippen LogP contribution is 2.46. The van der Waals surface area contributed by atoms with Gasteiger partial charge in [0.2, 0.25) is 11.8 Å². The summed E-state index contributed by atoms with van der Waals surface area (Å²) in [4.78, 5) is 17.7. The summed E-state index contributed by atoms with van der Waals surface area (Å²) in [5.74, 6) is 0.567. The molecule has 3 aromatic heterocycles. The summed E-state index contributed by atoms with van der Waals surface area (Å²) in [6.07, 6.45) is -0.987. The molecule has 0 N–H and O–H groups in total. The average Bonchev–Trinajstić information content (AvgIpc) is 3.62. The molecule has 1 fully saturated rings. The number of halogens is 3. The zero-order valence-electron chi connectivity index (χ0n) is 21.4. The van der Waals surface area contributed by atoms with Crippen molar-refractivity contribution in [1.29, 1.82) is 0 Å². The van der Waals surface area contributed by atoms with E-state index >= 15 is 0 Å². The summed E-state index contributed by atoms with van der Waals surface area (Å²) in [6, 6.07) is 7.53. The van der Waals surface area contributed by atoms with Gasteiger partial charge in [0.25, 0.3) is 0 Å². The Bertz CT molecular complexity index is 1720. The lowest BCUT2D eigenvalue weighted by Gasteiger charge is -2.14. The molecule has 1 aliphatic heterocycles. The Morgan fingerprint density at radius 3 is 2.48 bits per heavy atom. The van der Waals surface area contributed by atoms with Gasteiger partial charge in [-0.3, -0.25) is 0 Å². The van der Waals surface area contributed by atoms with Crippen molar-refractivity contribution in [1.82, 2.24) is 29.7 Å². The Morgan fingerprint density at radius 1 is 1.07 bits per heavy atom. The SMILES string of the molecule is COc1ncnc(C2CC2)c1-c1nc2c(c(OCc3ccc(-n4nc(C(F)(F)F)cc4C)cc3)n1)S(=O)(=O)CC2. The number of aryl methyl sites for hydroxylation is 2. The predicted octanol–water partition coefficient (Wildman–Crippen LogP) is 4.24. The van der Waals surface area contributed by atoms with Crippen molar-refractivity contribution in [2.24, 2.45) is 0 Å². The van der Waals surface area contributed by atoms with E-state index in [2.05, 4.69) is 25.0 Å². The molecule has 208 valence electrons. The van der Waals surface area contributed by atoms with Gasteiger partial charge in [-0.2, -0.15) is 23.3 Å². The van der Waals surface area contributed by atoms with Crippen LogP contribution in [-0.4, -0.2) is 51.0 Å². The number of hydrogen-bond acceptors (Lipinski definition) is 9. The van der Waals surface area contributed by atoms with Crippen LogP contribution in [0.25, 0.3) is 17.1 Å². The van der Waals surface area contributed by atoms with Gasteiger partial charge in [-0.25, -0.2) is 28.1 Å². The lowest BCUT2D eigenvalue weighted by Crippen LogP contribution is -2.09. The Kier molecular flexibility index (Phi) is 6.24. The van der Waals surface area contributed by atoms with Gasteiger partial charge < -0.3 is 9.47 Å². The summed E-state index contributed by atoms with van der Waals surface area (Å²) < 4.78 is 77.5.